The van der Waals surface area contributed by atoms with Crippen LogP contribution in [0.5, 0.6) is 0 Å². The van der Waals surface area contributed by atoms with Gasteiger partial charge in [-0.3, -0.25) is 9.59 Å². The predicted octanol–water partition coefficient (Wildman–Crippen LogP) is 0.775. The van der Waals surface area contributed by atoms with Gasteiger partial charge in [0.1, 0.15) is 0 Å². The first kappa shape index (κ1) is 16.8. The van der Waals surface area contributed by atoms with Gasteiger partial charge in [-0.1, -0.05) is 0 Å². The van der Waals surface area contributed by atoms with Gasteiger partial charge in [0.15, 0.2) is 0 Å². The van der Waals surface area contributed by atoms with Crippen molar-refractivity contribution >= 4 is 29.3 Å². The molecule has 120 valence electrons. The highest BCUT2D eigenvalue weighted by Crippen LogP contribution is 2.31. The third kappa shape index (κ3) is 4.48. The second kappa shape index (κ2) is 8.19. The molecule has 0 fully saturated rings. The van der Waals surface area contributed by atoms with E-state index in [-0.39, 0.29) is 11.8 Å². The van der Waals surface area contributed by atoms with E-state index in [1.165, 1.54) is 11.8 Å². The second-order valence-electron chi connectivity index (χ2n) is 5.36. The highest BCUT2D eigenvalue weighted by atomic mass is 32.2. The van der Waals surface area contributed by atoms with E-state index in [4.69, 9.17) is 0 Å². The number of thioether (sulfide) groups is 1. The number of nitrogens with one attached hydrogen (secondary N) is 3. The Balaban J connectivity index is 1.85. The maximum atomic E-state index is 12.2. The molecule has 0 saturated heterocycles. The van der Waals surface area contributed by atoms with Crippen LogP contribution in [-0.4, -0.2) is 43.7 Å². The van der Waals surface area contributed by atoms with Crippen molar-refractivity contribution < 1.29 is 14.5 Å². The number of quaternary nitrogens is 1. The Morgan fingerprint density at radius 1 is 1.36 bits per heavy atom. The fourth-order valence-electron chi connectivity index (χ4n) is 2.47. The topological polar surface area (TPSA) is 62.6 Å². The quantitative estimate of drug-likeness (QED) is 0.650. The van der Waals surface area contributed by atoms with Crippen LogP contribution in [0.15, 0.2) is 23.1 Å². The molecule has 0 aliphatic carbocycles. The summed E-state index contributed by atoms with van der Waals surface area (Å²) in [5.74, 6) is 0.339. The monoisotopic (exact) mass is 322 g/mol. The van der Waals surface area contributed by atoms with Crippen LogP contribution < -0.4 is 15.5 Å². The second-order valence-corrected chi connectivity index (χ2v) is 6.38. The van der Waals surface area contributed by atoms with Crippen molar-refractivity contribution in [2.45, 2.75) is 25.2 Å². The number of carbonyl (C=O) groups is 2. The zero-order valence-electron chi connectivity index (χ0n) is 13.2. The third-order valence-corrected chi connectivity index (χ3v) is 4.94. The van der Waals surface area contributed by atoms with Gasteiger partial charge >= 0.3 is 0 Å². The molecular formula is C16H24N3O2S+. The van der Waals surface area contributed by atoms with Crippen molar-refractivity contribution in [2.24, 2.45) is 0 Å². The zero-order chi connectivity index (χ0) is 15.9. The maximum absolute atomic E-state index is 12.2. The van der Waals surface area contributed by atoms with E-state index in [1.807, 2.05) is 12.1 Å². The summed E-state index contributed by atoms with van der Waals surface area (Å²) < 4.78 is 0. The number of amides is 2. The Hall–Kier alpha value is -1.53. The van der Waals surface area contributed by atoms with Crippen LogP contribution in [0.1, 0.15) is 30.6 Å². The van der Waals surface area contributed by atoms with E-state index in [9.17, 15) is 9.59 Å². The lowest BCUT2D eigenvalue weighted by molar-refractivity contribution is -0.896. The van der Waals surface area contributed by atoms with Gasteiger partial charge in [0.05, 0.1) is 31.1 Å². The zero-order valence-corrected chi connectivity index (χ0v) is 14.0. The molecule has 1 aromatic carbocycles. The highest BCUT2D eigenvalue weighted by Gasteiger charge is 2.17. The van der Waals surface area contributed by atoms with Gasteiger partial charge in [0, 0.05) is 23.4 Å². The molecule has 1 aromatic rings. The predicted molar refractivity (Wildman–Crippen MR) is 89.7 cm³/mol. The average molecular weight is 322 g/mol. The van der Waals surface area contributed by atoms with Gasteiger partial charge in [0.2, 0.25) is 5.91 Å². The van der Waals surface area contributed by atoms with E-state index in [0.29, 0.717) is 17.9 Å². The summed E-state index contributed by atoms with van der Waals surface area (Å²) in [4.78, 5) is 26.1. The minimum Gasteiger partial charge on any atom is -0.352 e. The maximum Gasteiger partial charge on any atom is 0.251 e. The molecule has 0 bridgehead atoms. The molecule has 1 aliphatic rings. The summed E-state index contributed by atoms with van der Waals surface area (Å²) in [5.41, 5.74) is 1.33. The summed E-state index contributed by atoms with van der Waals surface area (Å²) in [5, 5.41) is 5.76. The van der Waals surface area contributed by atoms with Crippen LogP contribution in [0.3, 0.4) is 0 Å². The molecule has 0 atom stereocenters. The molecule has 22 heavy (non-hydrogen) atoms. The third-order valence-electron chi connectivity index (χ3n) is 3.87. The molecular weight excluding hydrogens is 298 g/mol. The average Bonchev–Trinajstić information content (AvgIpc) is 2.54. The Kier molecular flexibility index (Phi) is 6.27. The first-order chi connectivity index (χ1) is 10.6. The molecule has 0 unspecified atom stereocenters. The molecule has 2 rings (SSSR count). The van der Waals surface area contributed by atoms with E-state index in [1.54, 1.807) is 11.0 Å². The largest absolute Gasteiger partial charge is 0.352 e. The summed E-state index contributed by atoms with van der Waals surface area (Å²) in [7, 11) is 0. The van der Waals surface area contributed by atoms with Crippen molar-refractivity contribution in [2.75, 3.05) is 37.2 Å². The summed E-state index contributed by atoms with van der Waals surface area (Å²) in [6.07, 6.45) is 0.973. The summed E-state index contributed by atoms with van der Waals surface area (Å²) in [6, 6.07) is 5.47. The molecule has 0 spiro atoms. The molecule has 1 aliphatic heterocycles. The van der Waals surface area contributed by atoms with Crippen molar-refractivity contribution in [3.8, 4) is 0 Å². The molecule has 2 amide bonds. The minimum atomic E-state index is -0.0813. The van der Waals surface area contributed by atoms with Crippen molar-refractivity contribution in [3.63, 3.8) is 0 Å². The van der Waals surface area contributed by atoms with Crippen LogP contribution in [-0.2, 0) is 4.79 Å². The van der Waals surface area contributed by atoms with Crippen molar-refractivity contribution in [1.82, 2.24) is 5.32 Å². The highest BCUT2D eigenvalue weighted by molar-refractivity contribution is 8.00. The van der Waals surface area contributed by atoms with E-state index in [0.717, 1.165) is 36.6 Å². The fourth-order valence-corrected chi connectivity index (χ4v) is 3.26. The van der Waals surface area contributed by atoms with Gasteiger partial charge in [-0.2, -0.15) is 0 Å². The van der Waals surface area contributed by atoms with Crippen LogP contribution in [0.4, 0.5) is 5.69 Å². The van der Waals surface area contributed by atoms with Gasteiger partial charge in [-0.05, 0) is 32.0 Å². The van der Waals surface area contributed by atoms with Crippen LogP contribution in [0.2, 0.25) is 0 Å². The fraction of sp³-hybridized carbons (Fsp3) is 0.500. The number of fused-ring (bicyclic) bond motifs is 1. The molecule has 5 nitrogen and oxygen atoms in total. The lowest BCUT2D eigenvalue weighted by atomic mass is 10.2. The molecule has 0 aromatic heterocycles. The molecule has 1 heterocycles. The van der Waals surface area contributed by atoms with E-state index < -0.39 is 0 Å². The van der Waals surface area contributed by atoms with E-state index in [2.05, 4.69) is 24.5 Å². The number of hydrogen-bond donors (Lipinski definition) is 3. The Labute approximate surface area is 135 Å². The number of carbonyl (C=O) groups excluding carboxylic acids is 2. The molecule has 0 radical (unpaired) electrons. The van der Waals surface area contributed by atoms with Gasteiger partial charge < -0.3 is 15.5 Å². The normalized spacial score (nSPS) is 13.7. The summed E-state index contributed by atoms with van der Waals surface area (Å²) >= 11 is 1.50. The van der Waals surface area contributed by atoms with Gasteiger partial charge in [-0.15, -0.1) is 11.8 Å². The Morgan fingerprint density at radius 2 is 2.14 bits per heavy atom. The number of rotatable bonds is 7. The molecule has 0 saturated carbocycles. The van der Waals surface area contributed by atoms with Crippen LogP contribution >= 0.6 is 11.8 Å². The molecule has 6 heteroatoms. The van der Waals surface area contributed by atoms with Crippen molar-refractivity contribution in [3.05, 3.63) is 23.8 Å². The Bertz CT molecular complexity index is 544. The SMILES string of the molecule is CC[NH+](CC)CCCNC(=O)c1ccc2c(c1)NC(=O)CS2. The number of benzene rings is 1. The van der Waals surface area contributed by atoms with Gasteiger partial charge in [0.25, 0.3) is 5.91 Å². The van der Waals surface area contributed by atoms with Crippen LogP contribution in [0.25, 0.3) is 0 Å². The van der Waals surface area contributed by atoms with Crippen molar-refractivity contribution in [1.29, 1.82) is 0 Å². The smallest absolute Gasteiger partial charge is 0.251 e. The van der Waals surface area contributed by atoms with Crippen LogP contribution in [0, 0.1) is 0 Å². The first-order valence-electron chi connectivity index (χ1n) is 7.82. The first-order valence-corrected chi connectivity index (χ1v) is 8.81. The number of hydrogen-bond acceptors (Lipinski definition) is 3. The number of anilines is 1. The lowest BCUT2D eigenvalue weighted by Gasteiger charge is -2.17. The standard InChI is InChI=1S/C16H23N3O2S/c1-3-19(4-2)9-5-8-17-16(21)12-6-7-14-13(10-12)18-15(20)11-22-14/h6-7,10H,3-5,8-9,11H2,1-2H3,(H,17,21)(H,18,20)/p+1. The van der Waals surface area contributed by atoms with Gasteiger partial charge in [-0.25, -0.2) is 0 Å². The lowest BCUT2D eigenvalue weighted by Crippen LogP contribution is -3.11. The minimum absolute atomic E-state index is 0.0164. The molecule has 3 N–H and O–H groups in total. The van der Waals surface area contributed by atoms with E-state index >= 15 is 0 Å². The summed E-state index contributed by atoms with van der Waals surface area (Å²) in [6.45, 7) is 8.34. The Morgan fingerprint density at radius 3 is 2.86 bits per heavy atom.